The van der Waals surface area contributed by atoms with Crippen LogP contribution in [0.4, 0.5) is 4.79 Å². The van der Waals surface area contributed by atoms with Crippen LogP contribution in [0, 0.1) is 0 Å². The van der Waals surface area contributed by atoms with Crippen LogP contribution in [0.3, 0.4) is 0 Å². The Hall–Kier alpha value is -3.09. The SMILES string of the molecule is CC1(C)SCN(S(=O)(=O)c2ccccc2)C1C(=O)NC(CNC(=O)NCc1ccccc1)C(=O)O. The molecule has 10 nitrogen and oxygen atoms in total. The van der Waals surface area contributed by atoms with Crippen molar-refractivity contribution >= 4 is 39.7 Å². The van der Waals surface area contributed by atoms with Gasteiger partial charge in [0.1, 0.15) is 12.1 Å². The van der Waals surface area contributed by atoms with Crippen LogP contribution in [0.15, 0.2) is 65.6 Å². The first-order chi connectivity index (χ1) is 16.5. The zero-order valence-corrected chi connectivity index (χ0v) is 20.9. The molecule has 188 valence electrons. The Balaban J connectivity index is 1.67. The molecule has 3 amide bonds. The molecule has 1 aliphatic heterocycles. The van der Waals surface area contributed by atoms with Gasteiger partial charge in [-0.1, -0.05) is 48.5 Å². The van der Waals surface area contributed by atoms with E-state index in [1.807, 2.05) is 30.3 Å². The number of benzene rings is 2. The number of amides is 3. The molecule has 1 fully saturated rings. The molecule has 12 heteroatoms. The molecule has 2 aromatic carbocycles. The fourth-order valence-electron chi connectivity index (χ4n) is 3.60. The first-order valence-electron chi connectivity index (χ1n) is 10.8. The molecule has 3 rings (SSSR count). The number of sulfonamides is 1. The van der Waals surface area contributed by atoms with Gasteiger partial charge in [0.2, 0.25) is 15.9 Å². The lowest BCUT2D eigenvalue weighted by Gasteiger charge is -2.30. The number of carbonyl (C=O) groups excluding carboxylic acids is 2. The van der Waals surface area contributed by atoms with Crippen LogP contribution >= 0.6 is 11.8 Å². The van der Waals surface area contributed by atoms with Gasteiger partial charge in [0.15, 0.2) is 0 Å². The minimum absolute atomic E-state index is 0.0419. The highest BCUT2D eigenvalue weighted by molar-refractivity contribution is 8.02. The minimum Gasteiger partial charge on any atom is -0.480 e. The minimum atomic E-state index is -3.99. The average molecular weight is 521 g/mol. The van der Waals surface area contributed by atoms with E-state index in [4.69, 9.17) is 0 Å². The Morgan fingerprint density at radius 2 is 1.66 bits per heavy atom. The zero-order chi connectivity index (χ0) is 25.6. The molecular weight excluding hydrogens is 492 g/mol. The van der Waals surface area contributed by atoms with E-state index in [9.17, 15) is 27.9 Å². The number of rotatable bonds is 9. The van der Waals surface area contributed by atoms with Crippen molar-refractivity contribution in [3.05, 3.63) is 66.2 Å². The molecule has 0 spiro atoms. The summed E-state index contributed by atoms with van der Waals surface area (Å²) >= 11 is 1.28. The molecule has 1 aliphatic rings. The number of urea groups is 1. The number of carbonyl (C=O) groups is 3. The molecule has 2 unspecified atom stereocenters. The van der Waals surface area contributed by atoms with Crippen molar-refractivity contribution in [1.82, 2.24) is 20.3 Å². The van der Waals surface area contributed by atoms with Crippen molar-refractivity contribution in [2.24, 2.45) is 0 Å². The molecule has 35 heavy (non-hydrogen) atoms. The summed E-state index contributed by atoms with van der Waals surface area (Å²) in [6.07, 6.45) is 0. The number of nitrogens with zero attached hydrogens (tertiary/aromatic N) is 1. The van der Waals surface area contributed by atoms with E-state index in [2.05, 4.69) is 16.0 Å². The number of hydrogen-bond acceptors (Lipinski definition) is 6. The maximum absolute atomic E-state index is 13.2. The third-order valence-corrected chi connectivity index (χ3v) is 8.85. The lowest BCUT2D eigenvalue weighted by molar-refractivity contribution is -0.142. The molecule has 0 bridgehead atoms. The second kappa shape index (κ2) is 11.1. The van der Waals surface area contributed by atoms with Gasteiger partial charge >= 0.3 is 12.0 Å². The Morgan fingerprint density at radius 3 is 2.26 bits per heavy atom. The van der Waals surface area contributed by atoms with Crippen LogP contribution in [0.25, 0.3) is 0 Å². The topological polar surface area (TPSA) is 145 Å². The highest BCUT2D eigenvalue weighted by Crippen LogP contribution is 2.42. The highest BCUT2D eigenvalue weighted by atomic mass is 32.2. The molecular formula is C23H28N4O6S2. The van der Waals surface area contributed by atoms with Crippen LogP contribution in [-0.4, -0.2) is 65.0 Å². The van der Waals surface area contributed by atoms with Crippen molar-refractivity contribution in [3.8, 4) is 0 Å². The smallest absolute Gasteiger partial charge is 0.328 e. The van der Waals surface area contributed by atoms with E-state index in [0.717, 1.165) is 9.87 Å². The largest absolute Gasteiger partial charge is 0.480 e. The van der Waals surface area contributed by atoms with Crippen molar-refractivity contribution in [2.75, 3.05) is 12.4 Å². The van der Waals surface area contributed by atoms with Gasteiger partial charge in [-0.15, -0.1) is 11.8 Å². The van der Waals surface area contributed by atoms with Crippen LogP contribution in [0.5, 0.6) is 0 Å². The zero-order valence-electron chi connectivity index (χ0n) is 19.3. The van der Waals surface area contributed by atoms with Gasteiger partial charge in [-0.25, -0.2) is 18.0 Å². The number of carboxylic acid groups (broad SMARTS) is 1. The Labute approximate surface area is 208 Å². The summed E-state index contributed by atoms with van der Waals surface area (Å²) in [6, 6.07) is 13.7. The summed E-state index contributed by atoms with van der Waals surface area (Å²) < 4.78 is 26.7. The predicted octanol–water partition coefficient (Wildman–Crippen LogP) is 1.60. The third kappa shape index (κ3) is 6.53. The van der Waals surface area contributed by atoms with Gasteiger partial charge in [0, 0.05) is 11.3 Å². The number of aliphatic carboxylic acids is 1. The number of hydrogen-bond donors (Lipinski definition) is 4. The van der Waals surface area contributed by atoms with Crippen LogP contribution < -0.4 is 16.0 Å². The lowest BCUT2D eigenvalue weighted by atomic mass is 10.0. The standard InChI is InChI=1S/C23H28N4O6S2/c1-23(2)19(27(15-34-23)35(32,33)17-11-7-4-8-12-17)20(28)26-18(21(29)30)14-25-22(31)24-13-16-9-5-3-6-10-16/h3-12,18-19H,13-15H2,1-2H3,(H,26,28)(H,29,30)(H2,24,25,31). The molecule has 0 aromatic heterocycles. The van der Waals surface area contributed by atoms with E-state index in [1.165, 1.54) is 23.9 Å². The van der Waals surface area contributed by atoms with Crippen LogP contribution in [0.2, 0.25) is 0 Å². The first kappa shape index (κ1) is 26.5. The quantitative estimate of drug-likeness (QED) is 0.393. The Morgan fingerprint density at radius 1 is 1.06 bits per heavy atom. The summed E-state index contributed by atoms with van der Waals surface area (Å²) in [5.74, 6) is -2.07. The van der Waals surface area contributed by atoms with Crippen molar-refractivity contribution in [2.45, 2.75) is 42.1 Å². The fraction of sp³-hybridized carbons (Fsp3) is 0.348. The molecule has 2 atom stereocenters. The van der Waals surface area contributed by atoms with Gasteiger partial charge in [0.05, 0.1) is 17.3 Å². The third-order valence-electron chi connectivity index (χ3n) is 5.49. The number of carboxylic acids is 1. The second-order valence-corrected chi connectivity index (χ2v) is 11.9. The van der Waals surface area contributed by atoms with Crippen LogP contribution in [0.1, 0.15) is 19.4 Å². The maximum atomic E-state index is 13.2. The lowest BCUT2D eigenvalue weighted by Crippen LogP contribution is -2.58. The molecule has 2 aromatic rings. The summed E-state index contributed by atoms with van der Waals surface area (Å²) in [4.78, 5) is 37.1. The van der Waals surface area contributed by atoms with Gasteiger partial charge in [-0.2, -0.15) is 4.31 Å². The summed E-state index contributed by atoms with van der Waals surface area (Å²) in [7, 11) is -3.99. The van der Waals surface area contributed by atoms with Gasteiger partial charge in [-0.3, -0.25) is 4.79 Å². The maximum Gasteiger partial charge on any atom is 0.328 e. The number of nitrogens with one attached hydrogen (secondary N) is 3. The predicted molar refractivity (Wildman–Crippen MR) is 132 cm³/mol. The van der Waals surface area contributed by atoms with E-state index >= 15 is 0 Å². The second-order valence-electron chi connectivity index (χ2n) is 8.43. The molecule has 1 heterocycles. The van der Waals surface area contributed by atoms with Crippen molar-refractivity contribution in [3.63, 3.8) is 0 Å². The van der Waals surface area contributed by atoms with Gasteiger partial charge in [0.25, 0.3) is 0 Å². The van der Waals surface area contributed by atoms with E-state index in [0.29, 0.717) is 0 Å². The van der Waals surface area contributed by atoms with E-state index < -0.39 is 44.8 Å². The van der Waals surface area contributed by atoms with Gasteiger partial charge < -0.3 is 21.1 Å². The Kier molecular flexibility index (Phi) is 8.41. The average Bonchev–Trinajstić information content (AvgIpc) is 3.17. The molecule has 0 saturated carbocycles. The van der Waals surface area contributed by atoms with Crippen LogP contribution in [-0.2, 0) is 26.2 Å². The van der Waals surface area contributed by atoms with E-state index in [-0.39, 0.29) is 23.9 Å². The van der Waals surface area contributed by atoms with Gasteiger partial charge in [-0.05, 0) is 31.5 Å². The Bertz CT molecular complexity index is 1160. The molecule has 4 N–H and O–H groups in total. The molecule has 0 aliphatic carbocycles. The number of thioether (sulfide) groups is 1. The van der Waals surface area contributed by atoms with E-state index in [1.54, 1.807) is 32.0 Å². The fourth-order valence-corrected chi connectivity index (χ4v) is 6.79. The highest BCUT2D eigenvalue weighted by Gasteiger charge is 2.51. The molecule has 1 saturated heterocycles. The monoisotopic (exact) mass is 520 g/mol. The van der Waals surface area contributed by atoms with Crippen molar-refractivity contribution in [1.29, 1.82) is 0 Å². The summed E-state index contributed by atoms with van der Waals surface area (Å²) in [5.41, 5.74) is 0.867. The molecule has 0 radical (unpaired) electrons. The summed E-state index contributed by atoms with van der Waals surface area (Å²) in [6.45, 7) is 3.32. The van der Waals surface area contributed by atoms with Crippen molar-refractivity contribution < 1.29 is 27.9 Å². The normalized spacial score (nSPS) is 18.4. The summed E-state index contributed by atoms with van der Waals surface area (Å²) in [5, 5.41) is 17.0. The first-order valence-corrected chi connectivity index (χ1v) is 13.2.